The van der Waals surface area contributed by atoms with Crippen LogP contribution in [0.5, 0.6) is 0 Å². The predicted octanol–water partition coefficient (Wildman–Crippen LogP) is 3.28. The van der Waals surface area contributed by atoms with Gasteiger partial charge in [0.05, 0.1) is 12.2 Å². The zero-order chi connectivity index (χ0) is 13.9. The minimum Gasteiger partial charge on any atom is -0.393 e. The van der Waals surface area contributed by atoms with Gasteiger partial charge in [-0.2, -0.15) is 0 Å². The highest BCUT2D eigenvalue weighted by Crippen LogP contribution is 2.61. The molecule has 3 saturated carbocycles. The predicted molar refractivity (Wildman–Crippen MR) is 79.1 cm³/mol. The van der Waals surface area contributed by atoms with E-state index in [0.29, 0.717) is 0 Å². The van der Waals surface area contributed by atoms with Gasteiger partial charge >= 0.3 is 0 Å². The van der Waals surface area contributed by atoms with Crippen molar-refractivity contribution >= 4 is 0 Å². The standard InChI is InChI=1S/C18H28O2/c1-18-9-8-14-13-5-3-12(19)10-11(13)2-4-15(14)16(18)6-7-17(18)20/h10,12-17,19-20H,2-9H2,1H3/t12?,13-,14+,15?,16-,17-,18-/m0/s1. The lowest BCUT2D eigenvalue weighted by molar-refractivity contribution is -0.0548. The van der Waals surface area contributed by atoms with Gasteiger partial charge in [-0.05, 0) is 80.5 Å². The first-order valence-corrected chi connectivity index (χ1v) is 8.66. The van der Waals surface area contributed by atoms with Crippen LogP contribution in [-0.4, -0.2) is 22.4 Å². The first kappa shape index (κ1) is 13.3. The topological polar surface area (TPSA) is 40.5 Å². The van der Waals surface area contributed by atoms with Crippen LogP contribution in [0.2, 0.25) is 0 Å². The number of aliphatic hydroxyl groups excluding tert-OH is 2. The van der Waals surface area contributed by atoms with Crippen molar-refractivity contribution in [3.8, 4) is 0 Å². The molecule has 0 spiro atoms. The van der Waals surface area contributed by atoms with E-state index in [9.17, 15) is 10.2 Å². The van der Waals surface area contributed by atoms with Gasteiger partial charge in [-0.15, -0.1) is 0 Å². The monoisotopic (exact) mass is 276 g/mol. The molecule has 2 N–H and O–H groups in total. The number of hydrogen-bond donors (Lipinski definition) is 2. The third-order valence-electron chi connectivity index (χ3n) is 7.38. The minimum absolute atomic E-state index is 0.0569. The molecule has 0 aromatic rings. The van der Waals surface area contributed by atoms with Crippen LogP contribution in [0, 0.1) is 29.1 Å². The number of hydrogen-bond acceptors (Lipinski definition) is 2. The van der Waals surface area contributed by atoms with Gasteiger partial charge in [0.15, 0.2) is 0 Å². The quantitative estimate of drug-likeness (QED) is 0.667. The number of aliphatic hydroxyl groups is 2. The van der Waals surface area contributed by atoms with E-state index < -0.39 is 0 Å². The Morgan fingerprint density at radius 3 is 2.70 bits per heavy atom. The summed E-state index contributed by atoms with van der Waals surface area (Å²) in [4.78, 5) is 0. The number of fused-ring (bicyclic) bond motifs is 5. The van der Waals surface area contributed by atoms with Crippen LogP contribution < -0.4 is 0 Å². The van der Waals surface area contributed by atoms with Crippen molar-refractivity contribution in [2.24, 2.45) is 29.1 Å². The Balaban J connectivity index is 1.62. The van der Waals surface area contributed by atoms with Crippen molar-refractivity contribution in [3.05, 3.63) is 11.6 Å². The molecule has 7 atom stereocenters. The molecule has 4 rings (SSSR count). The largest absolute Gasteiger partial charge is 0.393 e. The van der Waals surface area contributed by atoms with Gasteiger partial charge in [0.2, 0.25) is 0 Å². The second-order valence-corrected chi connectivity index (χ2v) is 8.10. The van der Waals surface area contributed by atoms with E-state index in [4.69, 9.17) is 0 Å². The maximum absolute atomic E-state index is 10.4. The molecular formula is C18H28O2. The average molecular weight is 276 g/mol. The molecule has 3 fully saturated rings. The van der Waals surface area contributed by atoms with Gasteiger partial charge < -0.3 is 10.2 Å². The summed E-state index contributed by atoms with van der Waals surface area (Å²) in [6.07, 6.45) is 11.4. The lowest BCUT2D eigenvalue weighted by Gasteiger charge is -2.53. The maximum atomic E-state index is 10.4. The van der Waals surface area contributed by atoms with Gasteiger partial charge in [-0.1, -0.05) is 18.6 Å². The Morgan fingerprint density at radius 2 is 1.85 bits per heavy atom. The van der Waals surface area contributed by atoms with E-state index in [0.717, 1.165) is 36.5 Å². The molecule has 0 saturated heterocycles. The average Bonchev–Trinajstić information content (AvgIpc) is 2.74. The summed E-state index contributed by atoms with van der Waals surface area (Å²) in [5, 5.41) is 20.3. The third kappa shape index (κ3) is 1.77. The van der Waals surface area contributed by atoms with Gasteiger partial charge in [0.25, 0.3) is 0 Å². The maximum Gasteiger partial charge on any atom is 0.0723 e. The Labute approximate surface area is 122 Å². The molecule has 0 heterocycles. The Kier molecular flexibility index (Phi) is 3.05. The van der Waals surface area contributed by atoms with E-state index in [1.54, 1.807) is 5.57 Å². The van der Waals surface area contributed by atoms with Gasteiger partial charge in [-0.3, -0.25) is 0 Å². The lowest BCUT2D eigenvalue weighted by Crippen LogP contribution is -2.47. The molecule has 0 aromatic heterocycles. The smallest absolute Gasteiger partial charge is 0.0723 e. The molecule has 2 unspecified atom stereocenters. The third-order valence-corrected chi connectivity index (χ3v) is 7.38. The van der Waals surface area contributed by atoms with Crippen LogP contribution >= 0.6 is 0 Å². The van der Waals surface area contributed by atoms with Crippen molar-refractivity contribution in [2.45, 2.75) is 70.5 Å². The Morgan fingerprint density at radius 1 is 1.00 bits per heavy atom. The van der Waals surface area contributed by atoms with E-state index in [2.05, 4.69) is 13.0 Å². The molecule has 0 aliphatic heterocycles. The van der Waals surface area contributed by atoms with Crippen LogP contribution in [0.4, 0.5) is 0 Å². The second-order valence-electron chi connectivity index (χ2n) is 8.10. The van der Waals surface area contributed by atoms with E-state index in [1.807, 2.05) is 0 Å². The van der Waals surface area contributed by atoms with Gasteiger partial charge in [-0.25, -0.2) is 0 Å². The molecule has 0 aromatic carbocycles. The van der Waals surface area contributed by atoms with Crippen molar-refractivity contribution in [3.63, 3.8) is 0 Å². The first-order chi connectivity index (χ1) is 9.59. The fourth-order valence-electron chi connectivity index (χ4n) is 6.28. The van der Waals surface area contributed by atoms with Crippen molar-refractivity contribution in [2.75, 3.05) is 0 Å². The zero-order valence-electron chi connectivity index (χ0n) is 12.6. The molecular weight excluding hydrogens is 248 g/mol. The van der Waals surface area contributed by atoms with E-state index >= 15 is 0 Å². The molecule has 4 aliphatic rings. The second kappa shape index (κ2) is 4.58. The summed E-state index contributed by atoms with van der Waals surface area (Å²) in [6, 6.07) is 0. The van der Waals surface area contributed by atoms with Crippen LogP contribution in [0.1, 0.15) is 58.3 Å². The van der Waals surface area contributed by atoms with E-state index in [1.165, 1.54) is 38.5 Å². The number of allylic oxidation sites excluding steroid dienone is 1. The van der Waals surface area contributed by atoms with Crippen molar-refractivity contribution in [1.82, 2.24) is 0 Å². The molecule has 4 aliphatic carbocycles. The number of rotatable bonds is 0. The summed E-state index contributed by atoms with van der Waals surface area (Å²) in [5.74, 6) is 3.18. The fourth-order valence-corrected chi connectivity index (χ4v) is 6.28. The van der Waals surface area contributed by atoms with Crippen LogP contribution in [0.15, 0.2) is 11.6 Å². The van der Waals surface area contributed by atoms with Crippen LogP contribution in [0.25, 0.3) is 0 Å². The fraction of sp³-hybridized carbons (Fsp3) is 0.889. The highest BCUT2D eigenvalue weighted by molar-refractivity contribution is 5.20. The summed E-state index contributed by atoms with van der Waals surface area (Å²) in [6.45, 7) is 2.35. The highest BCUT2D eigenvalue weighted by atomic mass is 16.3. The van der Waals surface area contributed by atoms with Gasteiger partial charge in [0, 0.05) is 0 Å². The summed E-state index contributed by atoms with van der Waals surface area (Å²) in [7, 11) is 0. The summed E-state index contributed by atoms with van der Waals surface area (Å²) in [5.41, 5.74) is 1.77. The highest BCUT2D eigenvalue weighted by Gasteiger charge is 2.55. The Hall–Kier alpha value is -0.340. The molecule has 0 amide bonds. The molecule has 2 nitrogen and oxygen atoms in total. The van der Waals surface area contributed by atoms with Crippen molar-refractivity contribution < 1.29 is 10.2 Å². The van der Waals surface area contributed by atoms with Crippen molar-refractivity contribution in [1.29, 1.82) is 0 Å². The van der Waals surface area contributed by atoms with Gasteiger partial charge in [0.1, 0.15) is 0 Å². The summed E-state index contributed by atoms with van der Waals surface area (Å²) < 4.78 is 0. The summed E-state index contributed by atoms with van der Waals surface area (Å²) >= 11 is 0. The lowest BCUT2D eigenvalue weighted by atomic mass is 9.52. The van der Waals surface area contributed by atoms with Crippen LogP contribution in [-0.2, 0) is 0 Å². The van der Waals surface area contributed by atoms with E-state index in [-0.39, 0.29) is 17.6 Å². The normalized spacial score (nSPS) is 54.6. The van der Waals surface area contributed by atoms with Crippen LogP contribution in [0.3, 0.4) is 0 Å². The zero-order valence-corrected chi connectivity index (χ0v) is 12.6. The molecule has 0 bridgehead atoms. The Bertz CT molecular complexity index is 429. The first-order valence-electron chi connectivity index (χ1n) is 8.66. The molecule has 112 valence electrons. The molecule has 2 heteroatoms. The minimum atomic E-state index is -0.181. The molecule has 20 heavy (non-hydrogen) atoms. The molecule has 0 radical (unpaired) electrons. The SMILES string of the molecule is C[C@]12CC[C@H]3C(CCC4=CC(O)CC[C@@H]43)[C@@H]1CC[C@@H]2O.